The molecule has 1 aliphatic heterocycles. The van der Waals surface area contributed by atoms with Crippen LogP contribution in [0.2, 0.25) is 0 Å². The molecule has 152 valence electrons. The average molecular weight is 382 g/mol. The van der Waals surface area contributed by atoms with Gasteiger partial charge in [-0.15, -0.1) is 0 Å². The molecule has 1 fully saturated rings. The number of pyridine rings is 1. The van der Waals surface area contributed by atoms with E-state index in [0.717, 1.165) is 25.5 Å². The maximum absolute atomic E-state index is 5.36. The Morgan fingerprint density at radius 1 is 1.07 bits per heavy atom. The number of hydrogen-bond acceptors (Lipinski definition) is 4. The van der Waals surface area contributed by atoms with Crippen LogP contribution in [-0.2, 0) is 17.7 Å². The second kappa shape index (κ2) is 10.7. The molecule has 0 bridgehead atoms. The molecular formula is C24H35N3O. The quantitative estimate of drug-likeness (QED) is 0.659. The summed E-state index contributed by atoms with van der Waals surface area (Å²) >= 11 is 0. The van der Waals surface area contributed by atoms with Crippen molar-refractivity contribution in [3.63, 3.8) is 0 Å². The topological polar surface area (TPSA) is 28.6 Å². The zero-order chi connectivity index (χ0) is 19.8. The maximum Gasteiger partial charge on any atom is 0.0615 e. The third kappa shape index (κ3) is 5.87. The lowest BCUT2D eigenvalue weighted by Gasteiger charge is -2.42. The first-order valence-electron chi connectivity index (χ1n) is 10.5. The van der Waals surface area contributed by atoms with Crippen LogP contribution >= 0.6 is 0 Å². The van der Waals surface area contributed by atoms with Crippen molar-refractivity contribution in [2.45, 2.75) is 44.8 Å². The number of rotatable bonds is 9. The third-order valence-electron chi connectivity index (χ3n) is 6.18. The Hall–Kier alpha value is -1.75. The number of likely N-dealkylation sites (tertiary alicyclic amines) is 1. The Morgan fingerprint density at radius 3 is 2.39 bits per heavy atom. The third-order valence-corrected chi connectivity index (χ3v) is 6.18. The summed E-state index contributed by atoms with van der Waals surface area (Å²) in [6, 6.07) is 16.3. The van der Waals surface area contributed by atoms with Gasteiger partial charge in [-0.1, -0.05) is 30.3 Å². The highest BCUT2D eigenvalue weighted by molar-refractivity contribution is 5.17. The first-order chi connectivity index (χ1) is 13.7. The van der Waals surface area contributed by atoms with Crippen LogP contribution < -0.4 is 0 Å². The van der Waals surface area contributed by atoms with Gasteiger partial charge in [-0.3, -0.25) is 14.8 Å². The molecule has 1 aliphatic rings. The van der Waals surface area contributed by atoms with Gasteiger partial charge in [-0.2, -0.15) is 0 Å². The van der Waals surface area contributed by atoms with Crippen molar-refractivity contribution in [2.75, 3.05) is 33.9 Å². The Kier molecular flexibility index (Phi) is 8.01. The molecule has 1 saturated heterocycles. The molecule has 4 nitrogen and oxygen atoms in total. The van der Waals surface area contributed by atoms with Gasteiger partial charge in [0.2, 0.25) is 0 Å². The Balaban J connectivity index is 1.67. The molecule has 0 spiro atoms. The first-order valence-corrected chi connectivity index (χ1v) is 10.5. The van der Waals surface area contributed by atoms with Crippen LogP contribution in [0.3, 0.4) is 0 Å². The fourth-order valence-electron chi connectivity index (χ4n) is 4.52. The average Bonchev–Trinajstić information content (AvgIpc) is 2.74. The molecule has 1 aromatic carbocycles. The number of methoxy groups -OCH3 is 1. The van der Waals surface area contributed by atoms with Gasteiger partial charge in [0.1, 0.15) is 0 Å². The molecule has 2 unspecified atom stereocenters. The number of likely N-dealkylation sites (N-methyl/N-ethyl adjacent to an activating group) is 1. The number of hydrogen-bond donors (Lipinski definition) is 0. The minimum atomic E-state index is 0.507. The van der Waals surface area contributed by atoms with Crippen molar-refractivity contribution in [2.24, 2.45) is 5.92 Å². The Labute approximate surface area is 170 Å². The van der Waals surface area contributed by atoms with E-state index in [0.29, 0.717) is 12.1 Å². The largest absolute Gasteiger partial charge is 0.383 e. The smallest absolute Gasteiger partial charge is 0.0615 e. The summed E-state index contributed by atoms with van der Waals surface area (Å²) in [4.78, 5) is 9.30. The highest BCUT2D eigenvalue weighted by Crippen LogP contribution is 2.28. The van der Waals surface area contributed by atoms with Gasteiger partial charge < -0.3 is 4.74 Å². The highest BCUT2D eigenvalue weighted by Gasteiger charge is 2.30. The predicted molar refractivity (Wildman–Crippen MR) is 115 cm³/mol. The summed E-state index contributed by atoms with van der Waals surface area (Å²) in [5.74, 6) is 0.720. The van der Waals surface area contributed by atoms with Crippen LogP contribution in [-0.4, -0.2) is 60.7 Å². The van der Waals surface area contributed by atoms with Crippen LogP contribution in [0.1, 0.15) is 30.9 Å². The van der Waals surface area contributed by atoms with Gasteiger partial charge in [0.25, 0.3) is 0 Å². The van der Waals surface area contributed by atoms with E-state index in [4.69, 9.17) is 4.74 Å². The lowest BCUT2D eigenvalue weighted by Crippen LogP contribution is -2.47. The van der Waals surface area contributed by atoms with Gasteiger partial charge in [0, 0.05) is 38.1 Å². The zero-order valence-electron chi connectivity index (χ0n) is 17.6. The van der Waals surface area contributed by atoms with Crippen LogP contribution in [0.5, 0.6) is 0 Å². The second-order valence-electron chi connectivity index (χ2n) is 8.21. The molecule has 2 heterocycles. The van der Waals surface area contributed by atoms with Crippen LogP contribution in [0.4, 0.5) is 0 Å². The number of benzene rings is 1. The van der Waals surface area contributed by atoms with E-state index in [-0.39, 0.29) is 0 Å². The molecule has 2 atom stereocenters. The van der Waals surface area contributed by atoms with Crippen molar-refractivity contribution in [1.29, 1.82) is 0 Å². The molecule has 28 heavy (non-hydrogen) atoms. The summed E-state index contributed by atoms with van der Waals surface area (Å²) in [6.07, 6.45) is 7.41. The molecule has 1 aromatic heterocycles. The molecule has 0 saturated carbocycles. The summed E-state index contributed by atoms with van der Waals surface area (Å²) in [5.41, 5.74) is 2.77. The minimum absolute atomic E-state index is 0.507. The number of piperidine rings is 1. The highest BCUT2D eigenvalue weighted by atomic mass is 16.5. The van der Waals surface area contributed by atoms with Crippen molar-refractivity contribution in [1.82, 2.24) is 14.8 Å². The standard InChI is InChI=1S/C24H35N3O/c1-20(19-28-3)27-15-11-23(12-16-27)24(17-21-7-5-4-6-8-21)26(2)18-22-9-13-25-14-10-22/h4-10,13-14,20,23-24H,11-12,15-19H2,1-3H3. The zero-order valence-corrected chi connectivity index (χ0v) is 17.6. The molecule has 0 aliphatic carbocycles. The van der Waals surface area contributed by atoms with Gasteiger partial charge in [-0.05, 0) is 75.5 Å². The van der Waals surface area contributed by atoms with E-state index in [1.807, 2.05) is 12.4 Å². The second-order valence-corrected chi connectivity index (χ2v) is 8.21. The van der Waals surface area contributed by atoms with E-state index in [2.05, 4.69) is 71.2 Å². The number of aromatic nitrogens is 1. The van der Waals surface area contributed by atoms with E-state index >= 15 is 0 Å². The van der Waals surface area contributed by atoms with Gasteiger partial charge in [-0.25, -0.2) is 0 Å². The lowest BCUT2D eigenvalue weighted by molar-refractivity contribution is 0.0500. The summed E-state index contributed by atoms with van der Waals surface area (Å²) in [6.45, 7) is 6.41. The predicted octanol–water partition coefficient (Wildman–Crippen LogP) is 3.87. The van der Waals surface area contributed by atoms with Crippen molar-refractivity contribution in [3.05, 3.63) is 66.0 Å². The fraction of sp³-hybridized carbons (Fsp3) is 0.542. The SMILES string of the molecule is COCC(C)N1CCC(C(Cc2ccccc2)N(C)Cc2ccncc2)CC1. The number of nitrogens with zero attached hydrogens (tertiary/aromatic N) is 3. The van der Waals surface area contributed by atoms with E-state index in [1.165, 1.54) is 37.1 Å². The molecule has 0 radical (unpaired) electrons. The lowest BCUT2D eigenvalue weighted by atomic mass is 9.84. The summed E-state index contributed by atoms with van der Waals surface area (Å²) in [5, 5.41) is 0. The van der Waals surface area contributed by atoms with Crippen molar-refractivity contribution < 1.29 is 4.74 Å². The van der Waals surface area contributed by atoms with Crippen LogP contribution in [0, 0.1) is 5.92 Å². The van der Waals surface area contributed by atoms with Crippen molar-refractivity contribution >= 4 is 0 Å². The monoisotopic (exact) mass is 381 g/mol. The minimum Gasteiger partial charge on any atom is -0.383 e. The molecule has 3 rings (SSSR count). The Morgan fingerprint density at radius 2 is 1.75 bits per heavy atom. The van der Waals surface area contributed by atoms with Crippen molar-refractivity contribution in [3.8, 4) is 0 Å². The fourth-order valence-corrected chi connectivity index (χ4v) is 4.52. The van der Waals surface area contributed by atoms with Crippen LogP contribution in [0.15, 0.2) is 54.9 Å². The van der Waals surface area contributed by atoms with E-state index in [1.54, 1.807) is 7.11 Å². The first kappa shape index (κ1) is 21.0. The number of ether oxygens (including phenoxy) is 1. The molecular weight excluding hydrogens is 346 g/mol. The molecule has 0 N–H and O–H groups in total. The van der Waals surface area contributed by atoms with E-state index in [9.17, 15) is 0 Å². The summed E-state index contributed by atoms with van der Waals surface area (Å²) < 4.78 is 5.36. The van der Waals surface area contributed by atoms with Gasteiger partial charge in [0.15, 0.2) is 0 Å². The van der Waals surface area contributed by atoms with E-state index < -0.39 is 0 Å². The van der Waals surface area contributed by atoms with Gasteiger partial charge >= 0.3 is 0 Å². The molecule has 0 amide bonds. The van der Waals surface area contributed by atoms with Gasteiger partial charge in [0.05, 0.1) is 6.61 Å². The molecule has 4 heteroatoms. The summed E-state index contributed by atoms with van der Waals surface area (Å²) in [7, 11) is 4.08. The molecule has 2 aromatic rings. The van der Waals surface area contributed by atoms with Crippen LogP contribution in [0.25, 0.3) is 0 Å². The normalized spacial score (nSPS) is 18.3. The Bertz CT molecular complexity index is 671. The maximum atomic E-state index is 5.36.